The van der Waals surface area contributed by atoms with Crippen molar-refractivity contribution in [3.05, 3.63) is 87.4 Å². The maximum Gasteiger partial charge on any atom is 0.345 e. The molecule has 1 amide bonds. The summed E-state index contributed by atoms with van der Waals surface area (Å²) >= 11 is 11.9. The molecule has 7 nitrogen and oxygen atoms in total. The van der Waals surface area contributed by atoms with E-state index in [9.17, 15) is 9.59 Å². The molecule has 0 saturated heterocycles. The predicted octanol–water partition coefficient (Wildman–Crippen LogP) is 4.71. The second-order valence-corrected chi connectivity index (χ2v) is 7.20. The summed E-state index contributed by atoms with van der Waals surface area (Å²) in [5, 5.41) is 4.56. The van der Waals surface area contributed by atoms with Gasteiger partial charge < -0.3 is 14.2 Å². The smallest absolute Gasteiger partial charge is 0.345 e. The van der Waals surface area contributed by atoms with Gasteiger partial charge in [-0.3, -0.25) is 4.79 Å². The summed E-state index contributed by atoms with van der Waals surface area (Å²) in [5.41, 5.74) is 3.62. The second kappa shape index (κ2) is 9.07. The van der Waals surface area contributed by atoms with Crippen molar-refractivity contribution in [1.29, 1.82) is 0 Å². The predicted molar refractivity (Wildman–Crippen MR) is 115 cm³/mol. The second-order valence-electron chi connectivity index (χ2n) is 6.35. The van der Waals surface area contributed by atoms with Crippen LogP contribution in [0.25, 0.3) is 0 Å². The van der Waals surface area contributed by atoms with E-state index in [-0.39, 0.29) is 17.4 Å². The van der Waals surface area contributed by atoms with Crippen LogP contribution in [0.4, 0.5) is 0 Å². The minimum atomic E-state index is -0.619. The number of hydrogen-bond acceptors (Lipinski definition) is 6. The molecule has 1 aliphatic heterocycles. The molecule has 0 aliphatic carbocycles. The summed E-state index contributed by atoms with van der Waals surface area (Å²) in [4.78, 5) is 24.6. The molecule has 0 aromatic heterocycles. The fourth-order valence-electron chi connectivity index (χ4n) is 2.74. The molecular formula is C22H14Cl2N2O5. The van der Waals surface area contributed by atoms with Crippen LogP contribution in [0.2, 0.25) is 10.0 Å². The van der Waals surface area contributed by atoms with E-state index in [0.29, 0.717) is 33.4 Å². The summed E-state index contributed by atoms with van der Waals surface area (Å²) in [7, 11) is 0. The lowest BCUT2D eigenvalue weighted by Gasteiger charge is -2.07. The van der Waals surface area contributed by atoms with E-state index in [1.54, 1.807) is 48.5 Å². The third kappa shape index (κ3) is 4.96. The van der Waals surface area contributed by atoms with E-state index in [1.165, 1.54) is 18.3 Å². The van der Waals surface area contributed by atoms with Crippen molar-refractivity contribution in [3.63, 3.8) is 0 Å². The van der Waals surface area contributed by atoms with E-state index in [4.69, 9.17) is 37.4 Å². The molecule has 31 heavy (non-hydrogen) atoms. The number of ether oxygens (including phenoxy) is 3. The van der Waals surface area contributed by atoms with Crippen molar-refractivity contribution in [2.24, 2.45) is 5.10 Å². The highest BCUT2D eigenvalue weighted by Crippen LogP contribution is 2.32. The summed E-state index contributed by atoms with van der Waals surface area (Å²) in [6, 6.07) is 16.0. The van der Waals surface area contributed by atoms with Gasteiger partial charge in [0.05, 0.1) is 16.8 Å². The number of esters is 1. The van der Waals surface area contributed by atoms with Crippen molar-refractivity contribution < 1.29 is 23.8 Å². The number of carbonyl (C=O) groups is 2. The molecule has 0 saturated carbocycles. The fourth-order valence-corrected chi connectivity index (χ4v) is 3.23. The van der Waals surface area contributed by atoms with Crippen LogP contribution in [0.15, 0.2) is 65.8 Å². The quantitative estimate of drug-likeness (QED) is 0.260. The Balaban J connectivity index is 1.39. The van der Waals surface area contributed by atoms with Gasteiger partial charge in [0.2, 0.25) is 6.79 Å². The van der Waals surface area contributed by atoms with Gasteiger partial charge in [0.25, 0.3) is 5.91 Å². The number of benzene rings is 3. The molecular weight excluding hydrogens is 443 g/mol. The summed E-state index contributed by atoms with van der Waals surface area (Å²) in [6.45, 7) is 0.129. The van der Waals surface area contributed by atoms with Crippen molar-refractivity contribution in [3.8, 4) is 17.2 Å². The van der Waals surface area contributed by atoms with Gasteiger partial charge in [0.1, 0.15) is 5.75 Å². The Morgan fingerprint density at radius 2 is 1.84 bits per heavy atom. The average molecular weight is 457 g/mol. The molecule has 0 fully saturated rings. The van der Waals surface area contributed by atoms with E-state index < -0.39 is 11.9 Å². The van der Waals surface area contributed by atoms with Crippen molar-refractivity contribution in [1.82, 2.24) is 5.43 Å². The summed E-state index contributed by atoms with van der Waals surface area (Å²) in [5.74, 6) is 0.363. The molecule has 3 aromatic rings. The maximum absolute atomic E-state index is 12.3. The molecule has 0 atom stereocenters. The van der Waals surface area contributed by atoms with Crippen LogP contribution in [-0.4, -0.2) is 24.9 Å². The van der Waals surface area contributed by atoms with Gasteiger partial charge >= 0.3 is 5.97 Å². The Labute approximate surface area is 187 Å². The van der Waals surface area contributed by atoms with Crippen molar-refractivity contribution >= 4 is 41.3 Å². The first-order valence-corrected chi connectivity index (χ1v) is 9.75. The molecule has 156 valence electrons. The van der Waals surface area contributed by atoms with Crippen LogP contribution in [0.1, 0.15) is 26.3 Å². The number of hydrazone groups is 1. The standard InChI is InChI=1S/C22H14Cl2N2O5/c23-15-5-6-17(18(24)10-15)22(28)31-16-3-1-2-13(8-16)11-25-26-21(27)14-4-7-19-20(9-14)30-12-29-19/h1-11H,12H2,(H,26,27)/b25-11-. The van der Waals surface area contributed by atoms with Gasteiger partial charge in [-0.25, -0.2) is 10.2 Å². The van der Waals surface area contributed by atoms with Crippen molar-refractivity contribution in [2.45, 2.75) is 0 Å². The maximum atomic E-state index is 12.3. The number of rotatable bonds is 5. The number of carbonyl (C=O) groups excluding carboxylic acids is 2. The first-order valence-electron chi connectivity index (χ1n) is 9.00. The average Bonchev–Trinajstić information content (AvgIpc) is 3.21. The molecule has 0 bridgehead atoms. The van der Waals surface area contributed by atoms with Crippen LogP contribution in [0.5, 0.6) is 17.2 Å². The highest BCUT2D eigenvalue weighted by atomic mass is 35.5. The van der Waals surface area contributed by atoms with Gasteiger partial charge in [-0.1, -0.05) is 35.3 Å². The number of fused-ring (bicyclic) bond motifs is 1. The third-order valence-corrected chi connectivity index (χ3v) is 4.78. The fraction of sp³-hybridized carbons (Fsp3) is 0.0455. The minimum Gasteiger partial charge on any atom is -0.454 e. The Kier molecular flexibility index (Phi) is 6.06. The minimum absolute atomic E-state index is 0.129. The molecule has 1 N–H and O–H groups in total. The zero-order chi connectivity index (χ0) is 21.8. The number of halogens is 2. The normalized spacial score (nSPS) is 12.1. The molecule has 1 aliphatic rings. The third-order valence-electron chi connectivity index (χ3n) is 4.23. The Hall–Kier alpha value is -3.55. The van der Waals surface area contributed by atoms with E-state index in [2.05, 4.69) is 10.5 Å². The number of amides is 1. The summed E-state index contributed by atoms with van der Waals surface area (Å²) in [6.07, 6.45) is 1.43. The molecule has 0 radical (unpaired) electrons. The van der Waals surface area contributed by atoms with Gasteiger partial charge in [-0.15, -0.1) is 0 Å². The largest absolute Gasteiger partial charge is 0.454 e. The number of nitrogens with zero attached hydrogens (tertiary/aromatic N) is 1. The Bertz CT molecular complexity index is 1200. The first kappa shape index (κ1) is 20.7. The highest BCUT2D eigenvalue weighted by Gasteiger charge is 2.16. The SMILES string of the molecule is O=C(N/N=C\c1cccc(OC(=O)c2ccc(Cl)cc2Cl)c1)c1ccc2c(c1)OCO2. The first-order chi connectivity index (χ1) is 15.0. The Morgan fingerprint density at radius 1 is 1.00 bits per heavy atom. The van der Waals surface area contributed by atoms with Gasteiger partial charge in [0.15, 0.2) is 11.5 Å². The van der Waals surface area contributed by atoms with Crippen LogP contribution in [0, 0.1) is 0 Å². The number of nitrogens with one attached hydrogen (secondary N) is 1. The lowest BCUT2D eigenvalue weighted by molar-refractivity contribution is 0.0734. The van der Waals surface area contributed by atoms with E-state index >= 15 is 0 Å². The highest BCUT2D eigenvalue weighted by molar-refractivity contribution is 6.36. The molecule has 4 rings (SSSR count). The molecule has 1 heterocycles. The zero-order valence-electron chi connectivity index (χ0n) is 15.8. The van der Waals surface area contributed by atoms with Gasteiger partial charge in [-0.05, 0) is 54.1 Å². The Morgan fingerprint density at radius 3 is 2.68 bits per heavy atom. The zero-order valence-corrected chi connectivity index (χ0v) is 17.3. The lowest BCUT2D eigenvalue weighted by atomic mass is 10.2. The summed E-state index contributed by atoms with van der Waals surface area (Å²) < 4.78 is 15.8. The monoisotopic (exact) mass is 456 g/mol. The molecule has 0 spiro atoms. The van der Waals surface area contributed by atoms with Crippen LogP contribution < -0.4 is 19.6 Å². The van der Waals surface area contributed by atoms with Gasteiger partial charge in [-0.2, -0.15) is 5.10 Å². The van der Waals surface area contributed by atoms with Crippen LogP contribution >= 0.6 is 23.2 Å². The lowest BCUT2D eigenvalue weighted by Crippen LogP contribution is -2.17. The topological polar surface area (TPSA) is 86.2 Å². The van der Waals surface area contributed by atoms with E-state index in [1.807, 2.05) is 0 Å². The van der Waals surface area contributed by atoms with Crippen LogP contribution in [0.3, 0.4) is 0 Å². The van der Waals surface area contributed by atoms with Gasteiger partial charge in [0, 0.05) is 10.6 Å². The number of hydrogen-bond donors (Lipinski definition) is 1. The van der Waals surface area contributed by atoms with Crippen molar-refractivity contribution in [2.75, 3.05) is 6.79 Å². The van der Waals surface area contributed by atoms with E-state index in [0.717, 1.165) is 0 Å². The van der Waals surface area contributed by atoms with Crippen LogP contribution in [-0.2, 0) is 0 Å². The molecule has 9 heteroatoms. The molecule has 0 unspecified atom stereocenters. The molecule has 3 aromatic carbocycles.